The van der Waals surface area contributed by atoms with E-state index in [0.717, 1.165) is 19.0 Å². The van der Waals surface area contributed by atoms with Gasteiger partial charge in [-0.2, -0.15) is 5.26 Å². The van der Waals surface area contributed by atoms with Gasteiger partial charge in [-0.3, -0.25) is 0 Å². The van der Waals surface area contributed by atoms with Crippen LogP contribution in [0.1, 0.15) is 46.0 Å². The Morgan fingerprint density at radius 1 is 1.29 bits per heavy atom. The molecule has 1 N–H and O–H groups in total. The molecular weight excluding hydrogens is 210 g/mol. The third-order valence-electron chi connectivity index (χ3n) is 4.09. The average Bonchev–Trinajstić information content (AvgIpc) is 2.38. The van der Waals surface area contributed by atoms with Gasteiger partial charge in [-0.25, -0.2) is 0 Å². The molecule has 0 aromatic carbocycles. The molecule has 0 amide bonds. The molecule has 0 aromatic rings. The van der Waals surface area contributed by atoms with E-state index in [1.54, 1.807) is 0 Å². The number of likely N-dealkylation sites (N-methyl/N-ethyl adjacent to an activating group) is 2. The quantitative estimate of drug-likeness (QED) is 0.771. The average molecular weight is 237 g/mol. The number of hydrogen-bond acceptors (Lipinski definition) is 3. The maximum atomic E-state index is 9.05. The van der Waals surface area contributed by atoms with Crippen LogP contribution in [0.15, 0.2) is 0 Å². The van der Waals surface area contributed by atoms with Crippen LogP contribution in [0.4, 0.5) is 0 Å². The summed E-state index contributed by atoms with van der Waals surface area (Å²) in [7, 11) is 2.17. The molecule has 0 radical (unpaired) electrons. The molecule has 0 bridgehead atoms. The first-order valence-electron chi connectivity index (χ1n) is 7.04. The Labute approximate surface area is 106 Å². The summed E-state index contributed by atoms with van der Waals surface area (Å²) in [5.74, 6) is 0.945. The third kappa shape index (κ3) is 4.65. The van der Waals surface area contributed by atoms with Gasteiger partial charge in [0.2, 0.25) is 0 Å². The maximum absolute atomic E-state index is 9.05. The van der Waals surface area contributed by atoms with Crippen LogP contribution < -0.4 is 5.32 Å². The van der Waals surface area contributed by atoms with Gasteiger partial charge < -0.3 is 10.2 Å². The minimum atomic E-state index is -0.0195. The Kier molecular flexibility index (Phi) is 6.54. The van der Waals surface area contributed by atoms with E-state index in [4.69, 9.17) is 5.26 Å². The van der Waals surface area contributed by atoms with Crippen LogP contribution in [0, 0.1) is 17.2 Å². The normalized spacial score (nSPS) is 26.8. The van der Waals surface area contributed by atoms with E-state index in [0.29, 0.717) is 6.04 Å². The predicted octanol–water partition coefficient (Wildman–Crippen LogP) is 2.39. The molecular formula is C14H27N3. The van der Waals surface area contributed by atoms with Crippen LogP contribution in [-0.2, 0) is 0 Å². The van der Waals surface area contributed by atoms with Crippen molar-refractivity contribution in [3.63, 3.8) is 0 Å². The fraction of sp³-hybridized carbons (Fsp3) is 0.929. The van der Waals surface area contributed by atoms with Crippen molar-refractivity contribution in [2.45, 2.75) is 58.0 Å². The molecule has 1 aliphatic rings. The molecule has 17 heavy (non-hydrogen) atoms. The van der Waals surface area contributed by atoms with Crippen LogP contribution in [-0.4, -0.2) is 37.1 Å². The van der Waals surface area contributed by atoms with Crippen molar-refractivity contribution in [3.05, 3.63) is 0 Å². The van der Waals surface area contributed by atoms with Crippen molar-refractivity contribution in [1.29, 1.82) is 5.26 Å². The molecule has 1 aliphatic carbocycles. The van der Waals surface area contributed by atoms with E-state index >= 15 is 0 Å². The summed E-state index contributed by atoms with van der Waals surface area (Å²) in [5.41, 5.74) is 0. The Morgan fingerprint density at radius 2 is 1.94 bits per heavy atom. The van der Waals surface area contributed by atoms with Crippen LogP contribution in [0.3, 0.4) is 0 Å². The Morgan fingerprint density at radius 3 is 2.41 bits per heavy atom. The zero-order valence-corrected chi connectivity index (χ0v) is 11.6. The van der Waals surface area contributed by atoms with E-state index in [2.05, 4.69) is 37.2 Å². The van der Waals surface area contributed by atoms with Gasteiger partial charge in [0.05, 0.1) is 6.07 Å². The molecule has 1 atom stereocenters. The van der Waals surface area contributed by atoms with E-state index in [1.807, 2.05) is 0 Å². The molecule has 0 aliphatic heterocycles. The summed E-state index contributed by atoms with van der Waals surface area (Å²) < 4.78 is 0. The van der Waals surface area contributed by atoms with Crippen molar-refractivity contribution in [2.75, 3.05) is 20.1 Å². The molecule has 3 heteroatoms. The van der Waals surface area contributed by atoms with E-state index in [1.165, 1.54) is 32.1 Å². The second-order valence-corrected chi connectivity index (χ2v) is 5.26. The van der Waals surface area contributed by atoms with E-state index in [-0.39, 0.29) is 6.04 Å². The molecule has 0 heterocycles. The number of nitriles is 1. The van der Waals surface area contributed by atoms with Gasteiger partial charge >= 0.3 is 0 Å². The summed E-state index contributed by atoms with van der Waals surface area (Å²) in [4.78, 5) is 2.38. The Bertz CT molecular complexity index is 238. The van der Waals surface area contributed by atoms with Gasteiger partial charge in [0, 0.05) is 12.6 Å². The molecule has 98 valence electrons. The zero-order valence-electron chi connectivity index (χ0n) is 11.6. The van der Waals surface area contributed by atoms with Crippen LogP contribution in [0.2, 0.25) is 0 Å². The summed E-state index contributed by atoms with van der Waals surface area (Å²) >= 11 is 0. The first kappa shape index (κ1) is 14.5. The van der Waals surface area contributed by atoms with Gasteiger partial charge in [0.25, 0.3) is 0 Å². The van der Waals surface area contributed by atoms with Crippen LogP contribution in [0.25, 0.3) is 0 Å². The number of rotatable bonds is 6. The summed E-state index contributed by atoms with van der Waals surface area (Å²) in [6.45, 7) is 6.07. The second-order valence-electron chi connectivity index (χ2n) is 5.26. The lowest BCUT2D eigenvalue weighted by molar-refractivity contribution is 0.158. The highest BCUT2D eigenvalue weighted by Gasteiger charge is 2.24. The zero-order chi connectivity index (χ0) is 12.7. The van der Waals surface area contributed by atoms with Gasteiger partial charge in [-0.05, 0) is 45.2 Å². The molecule has 1 fully saturated rings. The molecule has 0 aromatic heterocycles. The molecule has 3 nitrogen and oxygen atoms in total. The lowest BCUT2D eigenvalue weighted by Crippen LogP contribution is -2.44. The Hall–Kier alpha value is -0.590. The van der Waals surface area contributed by atoms with Gasteiger partial charge in [-0.1, -0.05) is 20.3 Å². The van der Waals surface area contributed by atoms with Crippen molar-refractivity contribution < 1.29 is 0 Å². The van der Waals surface area contributed by atoms with Crippen molar-refractivity contribution in [2.24, 2.45) is 5.92 Å². The fourth-order valence-electron chi connectivity index (χ4n) is 2.83. The molecule has 0 saturated heterocycles. The van der Waals surface area contributed by atoms with Gasteiger partial charge in [0.15, 0.2) is 0 Å². The Balaban J connectivity index is 2.33. The molecule has 0 spiro atoms. The minimum Gasteiger partial charge on any atom is -0.301 e. The maximum Gasteiger partial charge on any atom is 0.108 e. The highest BCUT2D eigenvalue weighted by atomic mass is 15.2. The van der Waals surface area contributed by atoms with Crippen molar-refractivity contribution in [1.82, 2.24) is 10.2 Å². The van der Waals surface area contributed by atoms with E-state index in [9.17, 15) is 0 Å². The minimum absolute atomic E-state index is 0.0195. The summed E-state index contributed by atoms with van der Waals surface area (Å²) in [5, 5.41) is 12.3. The number of nitrogens with zero attached hydrogens (tertiary/aromatic N) is 2. The van der Waals surface area contributed by atoms with Crippen LogP contribution >= 0.6 is 0 Å². The lowest BCUT2D eigenvalue weighted by atomic mass is 9.84. The highest BCUT2D eigenvalue weighted by molar-refractivity contribution is 4.92. The third-order valence-corrected chi connectivity index (χ3v) is 4.09. The monoisotopic (exact) mass is 237 g/mol. The van der Waals surface area contributed by atoms with Crippen molar-refractivity contribution in [3.8, 4) is 6.07 Å². The predicted molar refractivity (Wildman–Crippen MR) is 71.7 cm³/mol. The largest absolute Gasteiger partial charge is 0.301 e. The highest BCUT2D eigenvalue weighted by Crippen LogP contribution is 2.28. The topological polar surface area (TPSA) is 39.1 Å². The standard InChI is InChI=1S/C14H27N3/c1-4-12-6-8-14(9-7-12)17(3)11-13(10-15)16-5-2/h12-14,16H,4-9,11H2,1-3H3. The fourth-order valence-corrected chi connectivity index (χ4v) is 2.83. The molecule has 1 saturated carbocycles. The van der Waals surface area contributed by atoms with Gasteiger partial charge in [0.1, 0.15) is 6.04 Å². The first-order chi connectivity index (χ1) is 8.21. The van der Waals surface area contributed by atoms with Crippen molar-refractivity contribution >= 4 is 0 Å². The summed E-state index contributed by atoms with van der Waals surface area (Å²) in [6, 6.07) is 3.01. The number of hydrogen-bond donors (Lipinski definition) is 1. The number of nitrogens with one attached hydrogen (secondary N) is 1. The van der Waals surface area contributed by atoms with Crippen LogP contribution in [0.5, 0.6) is 0 Å². The van der Waals surface area contributed by atoms with Gasteiger partial charge in [-0.15, -0.1) is 0 Å². The lowest BCUT2D eigenvalue weighted by Gasteiger charge is -2.35. The second kappa shape index (κ2) is 7.68. The molecule has 1 unspecified atom stereocenters. The molecule has 1 rings (SSSR count). The summed E-state index contributed by atoms with van der Waals surface area (Å²) in [6.07, 6.45) is 6.67. The SMILES string of the molecule is CCNC(C#N)CN(C)C1CCC(CC)CC1. The van der Waals surface area contributed by atoms with E-state index < -0.39 is 0 Å². The smallest absolute Gasteiger partial charge is 0.108 e. The first-order valence-corrected chi connectivity index (χ1v) is 7.04.